The summed E-state index contributed by atoms with van der Waals surface area (Å²) in [6, 6.07) is 17.9. The maximum absolute atomic E-state index is 13.5. The lowest BCUT2D eigenvalue weighted by atomic mass is 10.1. The van der Waals surface area contributed by atoms with Gasteiger partial charge in [0.15, 0.2) is 0 Å². The molecule has 5 rings (SSSR count). The number of allylic oxidation sites excluding steroid dienone is 2. The molecule has 2 aliphatic rings. The van der Waals surface area contributed by atoms with E-state index in [-0.39, 0.29) is 16.3 Å². The fraction of sp³-hybridized carbons (Fsp3) is 0.0833. The zero-order chi connectivity index (χ0) is 23.8. The molecule has 0 unspecified atom stereocenters. The molecule has 170 valence electrons. The zero-order valence-corrected chi connectivity index (χ0v) is 22.5. The molecule has 3 aromatic rings. The molecule has 0 amide bonds. The van der Waals surface area contributed by atoms with E-state index < -0.39 is 0 Å². The quantitative estimate of drug-likeness (QED) is 0.143. The van der Waals surface area contributed by atoms with Crippen LogP contribution in [0.15, 0.2) is 89.4 Å². The predicted molar refractivity (Wildman–Crippen MR) is 151 cm³/mol. The molecule has 1 aromatic heterocycles. The number of carbonyl (C=O) groups excluding carboxylic acids is 2. The third kappa shape index (κ3) is 4.27. The molecule has 34 heavy (non-hydrogen) atoms. The van der Waals surface area contributed by atoms with Crippen LogP contribution in [0.3, 0.4) is 0 Å². The molecule has 3 heterocycles. The number of benzene rings is 2. The molecule has 0 atom stereocenters. The van der Waals surface area contributed by atoms with Crippen molar-refractivity contribution in [2.45, 2.75) is 11.1 Å². The highest BCUT2D eigenvalue weighted by molar-refractivity contribution is 8.30. The first-order valence-corrected chi connectivity index (χ1v) is 15.2. The summed E-state index contributed by atoms with van der Waals surface area (Å²) in [4.78, 5) is 42.3. The molecule has 0 N–H and O–H groups in total. The van der Waals surface area contributed by atoms with Gasteiger partial charge in [-0.3, -0.25) is 14.4 Å². The van der Waals surface area contributed by atoms with Crippen molar-refractivity contribution in [2.24, 2.45) is 0 Å². The van der Waals surface area contributed by atoms with Crippen LogP contribution in [-0.2, 0) is 0 Å². The molecule has 0 spiro atoms. The number of thiocarbonyl (C=S) groups is 1. The van der Waals surface area contributed by atoms with Gasteiger partial charge in [-0.2, -0.15) is 0 Å². The minimum absolute atomic E-state index is 0.00271. The van der Waals surface area contributed by atoms with Gasteiger partial charge in [0.25, 0.3) is 4.74 Å². The van der Waals surface area contributed by atoms with E-state index in [2.05, 4.69) is 0 Å². The van der Waals surface area contributed by atoms with Crippen LogP contribution < -0.4 is 9.64 Å². The summed E-state index contributed by atoms with van der Waals surface area (Å²) in [5.41, 5.74) is 2.40. The number of rotatable bonds is 5. The highest BCUT2D eigenvalue weighted by Crippen LogP contribution is 2.55. The fourth-order valence-electron chi connectivity index (χ4n) is 3.52. The standard InChI is InChI=1S/C24H15NO3S6/c1-2-25-15-21(28)33-34-24(15)32-22(29)16(25)23-30-19(17(26)13-9-5-3-6-10-13)20(31-23)18(27)14-11-7-4-8-12-14/h3-12H,2H2,1H3. The van der Waals surface area contributed by atoms with Gasteiger partial charge in [-0.05, 0) is 17.3 Å². The van der Waals surface area contributed by atoms with E-state index in [0.29, 0.717) is 37.4 Å². The van der Waals surface area contributed by atoms with E-state index in [9.17, 15) is 14.4 Å². The van der Waals surface area contributed by atoms with Crippen LogP contribution in [0.1, 0.15) is 27.6 Å². The smallest absolute Gasteiger partial charge is 0.267 e. The topological polar surface area (TPSA) is 54.5 Å². The van der Waals surface area contributed by atoms with Crippen molar-refractivity contribution < 1.29 is 9.59 Å². The minimum atomic E-state index is -0.201. The lowest BCUT2D eigenvalue weighted by molar-refractivity contribution is 0.101. The second-order valence-electron chi connectivity index (χ2n) is 7.11. The molecule has 10 heteroatoms. The van der Waals surface area contributed by atoms with Crippen LogP contribution in [0.2, 0.25) is 0 Å². The number of hydrogen-bond acceptors (Lipinski definition) is 10. The van der Waals surface area contributed by atoms with E-state index >= 15 is 0 Å². The maximum Gasteiger partial charge on any atom is 0.267 e. The second-order valence-corrected chi connectivity index (χ2v) is 13.5. The number of fused-ring (bicyclic) bond motifs is 1. The summed E-state index contributed by atoms with van der Waals surface area (Å²) in [5.74, 6) is -0.401. The first-order chi connectivity index (χ1) is 16.5. The van der Waals surface area contributed by atoms with Crippen molar-refractivity contribution >= 4 is 89.6 Å². The van der Waals surface area contributed by atoms with Gasteiger partial charge in [-0.1, -0.05) is 119 Å². The van der Waals surface area contributed by atoms with E-state index in [1.807, 2.05) is 24.0 Å². The molecule has 0 saturated heterocycles. The van der Waals surface area contributed by atoms with Crippen LogP contribution in [0.5, 0.6) is 0 Å². The largest absolute Gasteiger partial charge is 0.333 e. The van der Waals surface area contributed by atoms with Crippen molar-refractivity contribution in [3.8, 4) is 0 Å². The van der Waals surface area contributed by atoms with Gasteiger partial charge in [-0.15, -0.1) is 0 Å². The van der Waals surface area contributed by atoms with Crippen molar-refractivity contribution in [3.05, 3.63) is 101 Å². The van der Waals surface area contributed by atoms with Gasteiger partial charge in [0.2, 0.25) is 11.6 Å². The number of carbonyl (C=O) groups is 2. The minimum Gasteiger partial charge on any atom is -0.333 e. The van der Waals surface area contributed by atoms with Crippen molar-refractivity contribution in [2.75, 3.05) is 11.4 Å². The molecule has 0 radical (unpaired) electrons. The van der Waals surface area contributed by atoms with Crippen LogP contribution in [0.4, 0.5) is 5.69 Å². The predicted octanol–water partition coefficient (Wildman–Crippen LogP) is 7.06. The third-order valence-corrected chi connectivity index (χ3v) is 11.7. The Labute approximate surface area is 221 Å². The average Bonchev–Trinajstić information content (AvgIpc) is 3.47. The average molecular weight is 558 g/mol. The van der Waals surface area contributed by atoms with Crippen molar-refractivity contribution in [1.29, 1.82) is 0 Å². The summed E-state index contributed by atoms with van der Waals surface area (Å²) in [5, 5.41) is 0. The Bertz CT molecular complexity index is 1370. The van der Waals surface area contributed by atoms with E-state index in [1.165, 1.54) is 56.0 Å². The molecule has 0 fully saturated rings. The highest BCUT2D eigenvalue weighted by Gasteiger charge is 2.38. The van der Waals surface area contributed by atoms with Crippen molar-refractivity contribution in [1.82, 2.24) is 0 Å². The van der Waals surface area contributed by atoms with Gasteiger partial charge in [0.1, 0.15) is 14.1 Å². The summed E-state index contributed by atoms with van der Waals surface area (Å²) in [7, 11) is 2.63. The lowest BCUT2D eigenvalue weighted by Crippen LogP contribution is -2.32. The normalized spacial score (nSPS) is 15.7. The molecule has 2 aliphatic heterocycles. The number of Topliss-reactive ketones (excluding diaryl/α,β-unsaturated/α-hetero) is 2. The molecule has 0 saturated carbocycles. The SMILES string of the molecule is CCN1C(=C2SC(C(=O)c3ccccc3)=C(C(=O)c3ccccc3)S2)C(=S)Sc2ssc(=O)c21. The van der Waals surface area contributed by atoms with Crippen LogP contribution in [0, 0.1) is 0 Å². The maximum atomic E-state index is 13.5. The third-order valence-electron chi connectivity index (χ3n) is 5.09. The molecular formula is C24H15NO3S6. The molecule has 0 bridgehead atoms. The van der Waals surface area contributed by atoms with Gasteiger partial charge in [0.05, 0.1) is 19.7 Å². The fourth-order valence-corrected chi connectivity index (χ4v) is 10.7. The molecule has 4 nitrogen and oxygen atoms in total. The van der Waals surface area contributed by atoms with Crippen molar-refractivity contribution in [3.63, 3.8) is 0 Å². The number of thioether (sulfide) groups is 3. The van der Waals surface area contributed by atoms with Crippen LogP contribution in [0.25, 0.3) is 0 Å². The molecular weight excluding hydrogens is 543 g/mol. The Morgan fingerprint density at radius 1 is 0.824 bits per heavy atom. The number of hydrogen-bond donors (Lipinski definition) is 0. The lowest BCUT2D eigenvalue weighted by Gasteiger charge is -2.30. The highest BCUT2D eigenvalue weighted by atomic mass is 32.9. The number of ketones is 2. The number of nitrogens with zero attached hydrogens (tertiary/aromatic N) is 1. The Kier molecular flexibility index (Phi) is 6.97. The van der Waals surface area contributed by atoms with Crippen LogP contribution in [-0.4, -0.2) is 22.3 Å². The van der Waals surface area contributed by atoms with Crippen LogP contribution >= 0.6 is 68.2 Å². The van der Waals surface area contributed by atoms with Gasteiger partial charge in [0, 0.05) is 17.7 Å². The Morgan fingerprint density at radius 3 is 1.85 bits per heavy atom. The summed E-state index contributed by atoms with van der Waals surface area (Å²) in [6.45, 7) is 2.52. The van der Waals surface area contributed by atoms with E-state index in [4.69, 9.17) is 12.2 Å². The Morgan fingerprint density at radius 2 is 1.35 bits per heavy atom. The van der Waals surface area contributed by atoms with E-state index in [1.54, 1.807) is 48.5 Å². The number of anilines is 1. The zero-order valence-electron chi connectivity index (χ0n) is 17.6. The summed E-state index contributed by atoms with van der Waals surface area (Å²) < 4.78 is 2.28. The first kappa shape index (κ1) is 23.8. The molecule has 2 aromatic carbocycles. The second kappa shape index (κ2) is 9.96. The Hall–Kier alpha value is -1.95. The monoisotopic (exact) mass is 557 g/mol. The van der Waals surface area contributed by atoms with Gasteiger partial charge >= 0.3 is 0 Å². The summed E-state index contributed by atoms with van der Waals surface area (Å²) in [6.07, 6.45) is 0. The molecule has 0 aliphatic carbocycles. The van der Waals surface area contributed by atoms with Gasteiger partial charge in [-0.25, -0.2) is 0 Å². The summed E-state index contributed by atoms with van der Waals surface area (Å²) >= 11 is 9.69. The first-order valence-electron chi connectivity index (χ1n) is 10.2. The van der Waals surface area contributed by atoms with Gasteiger partial charge < -0.3 is 4.90 Å². The van der Waals surface area contributed by atoms with E-state index in [0.717, 1.165) is 14.1 Å². The Balaban J connectivity index is 1.63.